The molecule has 3 aromatic rings. The number of benzene rings is 2. The van der Waals surface area contributed by atoms with E-state index < -0.39 is 6.36 Å². The lowest BCUT2D eigenvalue weighted by atomic mass is 9.97. The molecule has 1 aromatic heterocycles. The molecule has 4 rings (SSSR count). The Labute approximate surface area is 183 Å². The lowest BCUT2D eigenvalue weighted by molar-refractivity contribution is -0.274. The molecule has 1 saturated heterocycles. The number of rotatable bonds is 5. The summed E-state index contributed by atoms with van der Waals surface area (Å²) in [6.45, 7) is 3.60. The molecule has 0 N–H and O–H groups in total. The van der Waals surface area contributed by atoms with Gasteiger partial charge in [-0.25, -0.2) is 4.98 Å². The van der Waals surface area contributed by atoms with Gasteiger partial charge >= 0.3 is 12.3 Å². The molecule has 0 saturated carbocycles. The van der Waals surface area contributed by atoms with Crippen molar-refractivity contribution in [1.82, 2.24) is 4.98 Å². The highest BCUT2D eigenvalue weighted by molar-refractivity contribution is 5.94. The van der Waals surface area contributed by atoms with E-state index in [1.54, 1.807) is 19.1 Å². The smallest absolute Gasteiger partial charge is 0.466 e. The number of ether oxygens (including phenoxy) is 2. The number of esters is 1. The number of piperidine rings is 1. The van der Waals surface area contributed by atoms with Crippen LogP contribution in [-0.2, 0) is 9.53 Å². The van der Waals surface area contributed by atoms with Crippen LogP contribution in [0.3, 0.4) is 0 Å². The van der Waals surface area contributed by atoms with E-state index in [-0.39, 0.29) is 17.6 Å². The monoisotopic (exact) mass is 444 g/mol. The first kappa shape index (κ1) is 21.9. The molecule has 5 nitrogen and oxygen atoms in total. The van der Waals surface area contributed by atoms with Crippen LogP contribution >= 0.6 is 0 Å². The number of hydrogen-bond acceptors (Lipinski definition) is 5. The third kappa shape index (κ3) is 4.95. The van der Waals surface area contributed by atoms with Gasteiger partial charge in [0, 0.05) is 24.0 Å². The Bertz CT molecular complexity index is 1090. The van der Waals surface area contributed by atoms with Gasteiger partial charge in [0.15, 0.2) is 0 Å². The third-order valence-electron chi connectivity index (χ3n) is 5.54. The molecule has 0 bridgehead atoms. The van der Waals surface area contributed by atoms with Crippen molar-refractivity contribution in [3.63, 3.8) is 0 Å². The number of hydrogen-bond donors (Lipinski definition) is 0. The van der Waals surface area contributed by atoms with Crippen molar-refractivity contribution in [3.05, 3.63) is 54.6 Å². The Hall–Kier alpha value is -3.29. The molecule has 0 unspecified atom stereocenters. The topological polar surface area (TPSA) is 51.7 Å². The second-order valence-electron chi connectivity index (χ2n) is 7.63. The molecule has 0 aliphatic carbocycles. The standard InChI is InChI=1S/C24H23F3N2O3/c1-2-31-23(30)18-12-14-29(15-13-18)21-11-8-17-4-3-5-20(22(17)28-21)16-6-9-19(10-7-16)32-24(25,26)27/h3-11,18H,2,12-15H2,1H3. The number of alkyl halides is 3. The Morgan fingerprint density at radius 1 is 1.06 bits per heavy atom. The summed E-state index contributed by atoms with van der Waals surface area (Å²) >= 11 is 0. The molecule has 1 fully saturated rings. The maximum absolute atomic E-state index is 12.4. The van der Waals surface area contributed by atoms with Crippen molar-refractivity contribution in [1.29, 1.82) is 0 Å². The van der Waals surface area contributed by atoms with Gasteiger partial charge in [0.2, 0.25) is 0 Å². The third-order valence-corrected chi connectivity index (χ3v) is 5.54. The summed E-state index contributed by atoms with van der Waals surface area (Å²) < 4.78 is 46.4. The van der Waals surface area contributed by atoms with Gasteiger partial charge in [0.05, 0.1) is 18.0 Å². The maximum Gasteiger partial charge on any atom is 0.573 e. The zero-order valence-electron chi connectivity index (χ0n) is 17.6. The van der Waals surface area contributed by atoms with Crippen LogP contribution in [0.2, 0.25) is 0 Å². The molecule has 2 aromatic carbocycles. The molecular formula is C24H23F3N2O3. The predicted molar refractivity (Wildman–Crippen MR) is 115 cm³/mol. The number of pyridine rings is 1. The van der Waals surface area contributed by atoms with E-state index in [1.165, 1.54) is 12.1 Å². The minimum absolute atomic E-state index is 0.0837. The van der Waals surface area contributed by atoms with E-state index >= 15 is 0 Å². The molecule has 32 heavy (non-hydrogen) atoms. The van der Waals surface area contributed by atoms with Crippen molar-refractivity contribution in [2.45, 2.75) is 26.1 Å². The first-order valence-electron chi connectivity index (χ1n) is 10.5. The van der Waals surface area contributed by atoms with E-state index in [2.05, 4.69) is 9.64 Å². The van der Waals surface area contributed by atoms with Crippen LogP contribution in [0.25, 0.3) is 22.0 Å². The highest BCUT2D eigenvalue weighted by Crippen LogP contribution is 2.32. The fourth-order valence-electron chi connectivity index (χ4n) is 3.99. The van der Waals surface area contributed by atoms with Crippen molar-refractivity contribution >= 4 is 22.7 Å². The second kappa shape index (κ2) is 9.06. The fourth-order valence-corrected chi connectivity index (χ4v) is 3.99. The predicted octanol–water partition coefficient (Wildman–Crippen LogP) is 5.58. The van der Waals surface area contributed by atoms with Crippen molar-refractivity contribution < 1.29 is 27.4 Å². The van der Waals surface area contributed by atoms with E-state index in [4.69, 9.17) is 9.72 Å². The van der Waals surface area contributed by atoms with Crippen LogP contribution in [0.1, 0.15) is 19.8 Å². The largest absolute Gasteiger partial charge is 0.573 e. The van der Waals surface area contributed by atoms with Gasteiger partial charge in [-0.2, -0.15) is 0 Å². The average Bonchev–Trinajstić information content (AvgIpc) is 2.78. The first-order valence-corrected chi connectivity index (χ1v) is 10.5. The summed E-state index contributed by atoms with van der Waals surface area (Å²) in [7, 11) is 0. The van der Waals surface area contributed by atoms with Crippen LogP contribution in [0.5, 0.6) is 5.75 Å². The number of aromatic nitrogens is 1. The first-order chi connectivity index (χ1) is 15.3. The molecular weight excluding hydrogens is 421 g/mol. The van der Waals surface area contributed by atoms with Crippen LogP contribution in [0.15, 0.2) is 54.6 Å². The van der Waals surface area contributed by atoms with Gasteiger partial charge in [-0.05, 0) is 49.6 Å². The summed E-state index contributed by atoms with van der Waals surface area (Å²) in [6.07, 6.45) is -3.31. The average molecular weight is 444 g/mol. The highest BCUT2D eigenvalue weighted by atomic mass is 19.4. The Kier molecular flexibility index (Phi) is 6.21. The number of nitrogens with zero attached hydrogens (tertiary/aromatic N) is 2. The van der Waals surface area contributed by atoms with Gasteiger partial charge < -0.3 is 14.4 Å². The minimum atomic E-state index is -4.72. The zero-order chi connectivity index (χ0) is 22.7. The Morgan fingerprint density at radius 3 is 2.44 bits per heavy atom. The van der Waals surface area contributed by atoms with Crippen LogP contribution in [0, 0.1) is 5.92 Å². The van der Waals surface area contributed by atoms with Gasteiger partial charge in [-0.15, -0.1) is 13.2 Å². The Balaban J connectivity index is 1.57. The number of para-hydroxylation sites is 1. The number of fused-ring (bicyclic) bond motifs is 1. The molecule has 8 heteroatoms. The maximum atomic E-state index is 12.4. The normalized spacial score (nSPS) is 15.1. The number of anilines is 1. The molecule has 0 atom stereocenters. The SMILES string of the molecule is CCOC(=O)C1CCN(c2ccc3cccc(-c4ccc(OC(F)(F)F)cc4)c3n2)CC1. The highest BCUT2D eigenvalue weighted by Gasteiger charge is 2.31. The summed E-state index contributed by atoms with van der Waals surface area (Å²) in [5.74, 6) is 0.322. The summed E-state index contributed by atoms with van der Waals surface area (Å²) in [4.78, 5) is 19.0. The molecule has 1 aliphatic heterocycles. The van der Waals surface area contributed by atoms with Crippen LogP contribution < -0.4 is 9.64 Å². The molecule has 1 aliphatic rings. The van der Waals surface area contributed by atoms with Crippen molar-refractivity contribution in [2.75, 3.05) is 24.6 Å². The van der Waals surface area contributed by atoms with Gasteiger partial charge in [-0.1, -0.05) is 30.3 Å². The number of carbonyl (C=O) groups excluding carboxylic acids is 1. The molecule has 2 heterocycles. The minimum Gasteiger partial charge on any atom is -0.466 e. The molecule has 0 spiro atoms. The fraction of sp³-hybridized carbons (Fsp3) is 0.333. The molecule has 168 valence electrons. The molecule has 0 amide bonds. The van der Waals surface area contributed by atoms with E-state index in [0.717, 1.165) is 27.8 Å². The summed E-state index contributed by atoms with van der Waals surface area (Å²) in [5.41, 5.74) is 2.34. The Morgan fingerprint density at radius 2 is 1.78 bits per heavy atom. The second-order valence-corrected chi connectivity index (χ2v) is 7.63. The van der Waals surface area contributed by atoms with Crippen LogP contribution in [-0.4, -0.2) is 37.0 Å². The quantitative estimate of drug-likeness (QED) is 0.481. The lowest BCUT2D eigenvalue weighted by Gasteiger charge is -2.31. The van der Waals surface area contributed by atoms with E-state index in [1.807, 2.05) is 30.3 Å². The van der Waals surface area contributed by atoms with Gasteiger partial charge in [-0.3, -0.25) is 4.79 Å². The van der Waals surface area contributed by atoms with Crippen molar-refractivity contribution in [3.8, 4) is 16.9 Å². The summed E-state index contributed by atoms with van der Waals surface area (Å²) in [6, 6.07) is 15.5. The van der Waals surface area contributed by atoms with Gasteiger partial charge in [0.25, 0.3) is 0 Å². The van der Waals surface area contributed by atoms with Crippen LogP contribution in [0.4, 0.5) is 19.0 Å². The number of halogens is 3. The number of carbonyl (C=O) groups is 1. The molecule has 0 radical (unpaired) electrons. The van der Waals surface area contributed by atoms with Crippen molar-refractivity contribution in [2.24, 2.45) is 5.92 Å². The van der Waals surface area contributed by atoms with E-state index in [0.29, 0.717) is 32.5 Å². The van der Waals surface area contributed by atoms with E-state index in [9.17, 15) is 18.0 Å². The van der Waals surface area contributed by atoms with Gasteiger partial charge in [0.1, 0.15) is 11.6 Å². The lowest BCUT2D eigenvalue weighted by Crippen LogP contribution is -2.37. The summed E-state index contributed by atoms with van der Waals surface area (Å²) in [5, 5.41) is 0.934. The zero-order valence-corrected chi connectivity index (χ0v) is 17.6.